The maximum absolute atomic E-state index is 3.65. The zero-order valence-corrected chi connectivity index (χ0v) is 13.1. The second-order valence-corrected chi connectivity index (χ2v) is 7.63. The Balaban J connectivity index is 1.69. The van der Waals surface area contributed by atoms with Crippen molar-refractivity contribution in [2.45, 2.75) is 70.8 Å². The molecule has 2 unspecified atom stereocenters. The van der Waals surface area contributed by atoms with Gasteiger partial charge in [0, 0.05) is 6.04 Å². The number of rotatable bonds is 2. The Bertz CT molecular complexity index is 426. The lowest BCUT2D eigenvalue weighted by molar-refractivity contribution is 0.219. The lowest BCUT2D eigenvalue weighted by Gasteiger charge is -2.35. The summed E-state index contributed by atoms with van der Waals surface area (Å²) in [7, 11) is 0. The molecule has 2 fully saturated rings. The molecule has 0 spiro atoms. The van der Waals surface area contributed by atoms with Gasteiger partial charge in [-0.05, 0) is 61.1 Å². The van der Waals surface area contributed by atoms with Crippen LogP contribution in [0.5, 0.6) is 0 Å². The van der Waals surface area contributed by atoms with Crippen molar-refractivity contribution in [1.29, 1.82) is 0 Å². The van der Waals surface area contributed by atoms with Crippen LogP contribution in [0.1, 0.15) is 81.9 Å². The Morgan fingerprint density at radius 2 is 1.70 bits per heavy atom. The fraction of sp³-hybridized carbons (Fsp3) is 0.684. The van der Waals surface area contributed by atoms with Crippen LogP contribution in [-0.2, 0) is 0 Å². The van der Waals surface area contributed by atoms with E-state index in [4.69, 9.17) is 0 Å². The normalized spacial score (nSPS) is 30.1. The van der Waals surface area contributed by atoms with Crippen LogP contribution in [0, 0.1) is 5.41 Å². The molecular formula is C19H29N. The van der Waals surface area contributed by atoms with Crippen molar-refractivity contribution in [3.63, 3.8) is 0 Å². The minimum atomic E-state index is 0.534. The molecule has 3 rings (SSSR count). The van der Waals surface area contributed by atoms with Crippen molar-refractivity contribution in [1.82, 2.24) is 5.32 Å². The van der Waals surface area contributed by atoms with Crippen LogP contribution in [0.2, 0.25) is 0 Å². The van der Waals surface area contributed by atoms with Gasteiger partial charge in [-0.15, -0.1) is 0 Å². The van der Waals surface area contributed by atoms with E-state index in [1.165, 1.54) is 57.1 Å². The third-order valence-corrected chi connectivity index (χ3v) is 5.33. The highest BCUT2D eigenvalue weighted by Gasteiger charge is 2.28. The monoisotopic (exact) mass is 271 g/mol. The molecule has 110 valence electrons. The molecule has 1 nitrogen and oxygen atoms in total. The molecule has 1 saturated heterocycles. The quantitative estimate of drug-likeness (QED) is 0.781. The molecule has 1 aliphatic carbocycles. The van der Waals surface area contributed by atoms with Crippen LogP contribution in [0.3, 0.4) is 0 Å². The molecule has 1 heteroatoms. The minimum absolute atomic E-state index is 0.534. The van der Waals surface area contributed by atoms with Gasteiger partial charge in [0.05, 0.1) is 0 Å². The molecule has 2 atom stereocenters. The van der Waals surface area contributed by atoms with Crippen LogP contribution in [0.15, 0.2) is 24.3 Å². The maximum Gasteiger partial charge on any atom is 0.0320 e. The van der Waals surface area contributed by atoms with Crippen molar-refractivity contribution >= 4 is 0 Å². The second-order valence-electron chi connectivity index (χ2n) is 7.63. The molecular weight excluding hydrogens is 242 g/mol. The van der Waals surface area contributed by atoms with Crippen molar-refractivity contribution in [2.75, 3.05) is 6.54 Å². The van der Waals surface area contributed by atoms with E-state index in [1.807, 2.05) is 0 Å². The van der Waals surface area contributed by atoms with Gasteiger partial charge in [-0.2, -0.15) is 0 Å². The van der Waals surface area contributed by atoms with Gasteiger partial charge in [-0.25, -0.2) is 0 Å². The molecule has 1 aromatic carbocycles. The van der Waals surface area contributed by atoms with Crippen molar-refractivity contribution in [3.8, 4) is 0 Å². The molecule has 1 saturated carbocycles. The van der Waals surface area contributed by atoms with Gasteiger partial charge in [-0.3, -0.25) is 0 Å². The molecule has 0 aromatic heterocycles. The number of benzene rings is 1. The predicted octanol–water partition coefficient (Wildman–Crippen LogP) is 5.19. The van der Waals surface area contributed by atoms with Crippen LogP contribution < -0.4 is 5.32 Å². The van der Waals surface area contributed by atoms with E-state index in [1.54, 1.807) is 5.56 Å². The van der Waals surface area contributed by atoms with E-state index >= 15 is 0 Å². The maximum atomic E-state index is 3.65. The molecule has 0 radical (unpaired) electrons. The fourth-order valence-corrected chi connectivity index (χ4v) is 4.12. The highest BCUT2D eigenvalue weighted by molar-refractivity contribution is 5.28. The summed E-state index contributed by atoms with van der Waals surface area (Å²) in [5.41, 5.74) is 3.59. The zero-order chi connectivity index (χ0) is 14.0. The van der Waals surface area contributed by atoms with Crippen molar-refractivity contribution < 1.29 is 0 Å². The summed E-state index contributed by atoms with van der Waals surface area (Å²) in [6.45, 7) is 6.04. The third-order valence-electron chi connectivity index (χ3n) is 5.33. The standard InChI is InChI=1S/C19H29N/c1-19(2)12-5-6-17(14-19)15-8-10-16(11-9-15)18-7-3-4-13-20-18/h8-11,17-18,20H,3-7,12-14H2,1-2H3. The highest BCUT2D eigenvalue weighted by Crippen LogP contribution is 2.43. The number of nitrogens with one attached hydrogen (secondary N) is 1. The van der Waals surface area contributed by atoms with Crippen LogP contribution in [-0.4, -0.2) is 6.54 Å². The van der Waals surface area contributed by atoms with E-state index < -0.39 is 0 Å². The van der Waals surface area contributed by atoms with Gasteiger partial charge in [-0.1, -0.05) is 51.0 Å². The number of hydrogen-bond donors (Lipinski definition) is 1. The van der Waals surface area contributed by atoms with Gasteiger partial charge in [0.15, 0.2) is 0 Å². The second kappa shape index (κ2) is 5.89. The summed E-state index contributed by atoms with van der Waals surface area (Å²) in [5.74, 6) is 0.784. The summed E-state index contributed by atoms with van der Waals surface area (Å²) in [6.07, 6.45) is 9.54. The predicted molar refractivity (Wildman–Crippen MR) is 86.0 cm³/mol. The first-order chi connectivity index (χ1) is 9.64. The average Bonchev–Trinajstić information content (AvgIpc) is 2.47. The van der Waals surface area contributed by atoms with Gasteiger partial charge in [0.2, 0.25) is 0 Å². The largest absolute Gasteiger partial charge is 0.310 e. The van der Waals surface area contributed by atoms with E-state index in [2.05, 4.69) is 43.4 Å². The molecule has 1 aromatic rings. The molecule has 0 amide bonds. The summed E-state index contributed by atoms with van der Waals surface area (Å²) in [5, 5.41) is 3.65. The molecule has 2 aliphatic rings. The Morgan fingerprint density at radius 1 is 0.950 bits per heavy atom. The average molecular weight is 271 g/mol. The Morgan fingerprint density at radius 3 is 2.35 bits per heavy atom. The Hall–Kier alpha value is -0.820. The minimum Gasteiger partial charge on any atom is -0.310 e. The van der Waals surface area contributed by atoms with Gasteiger partial charge < -0.3 is 5.32 Å². The van der Waals surface area contributed by atoms with Crippen molar-refractivity contribution in [2.24, 2.45) is 5.41 Å². The first-order valence-electron chi connectivity index (χ1n) is 8.47. The molecule has 1 heterocycles. The SMILES string of the molecule is CC1(C)CCCC(c2ccc(C3CCCCN3)cc2)C1. The summed E-state index contributed by atoms with van der Waals surface area (Å²) < 4.78 is 0. The van der Waals surface area contributed by atoms with Crippen LogP contribution in [0.25, 0.3) is 0 Å². The Kier molecular flexibility index (Phi) is 4.16. The highest BCUT2D eigenvalue weighted by atomic mass is 14.9. The van der Waals surface area contributed by atoms with Gasteiger partial charge in [0.25, 0.3) is 0 Å². The zero-order valence-electron chi connectivity index (χ0n) is 13.1. The molecule has 0 bridgehead atoms. The third kappa shape index (κ3) is 3.25. The topological polar surface area (TPSA) is 12.0 Å². The summed E-state index contributed by atoms with van der Waals surface area (Å²) in [4.78, 5) is 0. The first kappa shape index (κ1) is 14.1. The molecule has 20 heavy (non-hydrogen) atoms. The summed E-state index contributed by atoms with van der Waals surface area (Å²) >= 11 is 0. The molecule has 1 aliphatic heterocycles. The van der Waals surface area contributed by atoms with Gasteiger partial charge >= 0.3 is 0 Å². The van der Waals surface area contributed by atoms with E-state index in [0.717, 1.165) is 5.92 Å². The van der Waals surface area contributed by atoms with Crippen LogP contribution in [0.4, 0.5) is 0 Å². The van der Waals surface area contributed by atoms with Gasteiger partial charge in [0.1, 0.15) is 0 Å². The smallest absolute Gasteiger partial charge is 0.0320 e. The lowest BCUT2D eigenvalue weighted by atomic mass is 9.70. The number of piperidine rings is 1. The van der Waals surface area contributed by atoms with Crippen molar-refractivity contribution in [3.05, 3.63) is 35.4 Å². The first-order valence-corrected chi connectivity index (χ1v) is 8.47. The lowest BCUT2D eigenvalue weighted by Crippen LogP contribution is -2.26. The number of hydrogen-bond acceptors (Lipinski definition) is 1. The van der Waals surface area contributed by atoms with E-state index in [-0.39, 0.29) is 0 Å². The molecule has 1 N–H and O–H groups in total. The Labute approximate surface area is 124 Å². The van der Waals surface area contributed by atoms with Crippen LogP contribution >= 0.6 is 0 Å². The van der Waals surface area contributed by atoms with E-state index in [9.17, 15) is 0 Å². The fourth-order valence-electron chi connectivity index (χ4n) is 4.12. The van der Waals surface area contributed by atoms with E-state index in [0.29, 0.717) is 11.5 Å². The summed E-state index contributed by atoms with van der Waals surface area (Å²) in [6, 6.07) is 10.1.